The number of carbonyl (C=O) groups excluding carboxylic acids is 1. The number of sulfonamides is 1. The third-order valence-corrected chi connectivity index (χ3v) is 11.3. The average Bonchev–Trinajstić information content (AvgIpc) is 3.05. The number of halogens is 2. The zero-order chi connectivity index (χ0) is 27.0. The Hall–Kier alpha value is -1.52. The number of aryl methyl sites for hydroxylation is 2. The van der Waals surface area contributed by atoms with Crippen LogP contribution in [0.2, 0.25) is 5.02 Å². The minimum atomic E-state index is -3.22. The Bertz CT molecular complexity index is 1240. The maximum atomic E-state index is 13.2. The lowest BCUT2D eigenvalue weighted by Gasteiger charge is -2.40. The quantitative estimate of drug-likeness (QED) is 0.484. The van der Waals surface area contributed by atoms with E-state index in [2.05, 4.69) is 39.0 Å². The molecule has 38 heavy (non-hydrogen) atoms. The summed E-state index contributed by atoms with van der Waals surface area (Å²) in [5.41, 5.74) is 4.87. The number of piperazine rings is 1. The summed E-state index contributed by atoms with van der Waals surface area (Å²) in [4.78, 5) is 22.5. The van der Waals surface area contributed by atoms with Gasteiger partial charge in [0.1, 0.15) is 0 Å². The molecule has 1 aliphatic carbocycles. The van der Waals surface area contributed by atoms with Gasteiger partial charge in [-0.1, -0.05) is 17.7 Å². The molecule has 1 amide bonds. The second kappa shape index (κ2) is 11.5. The van der Waals surface area contributed by atoms with E-state index in [1.807, 2.05) is 17.2 Å². The van der Waals surface area contributed by atoms with Crippen LogP contribution in [0.5, 0.6) is 0 Å². The van der Waals surface area contributed by atoms with Gasteiger partial charge in [0.05, 0.1) is 17.0 Å². The van der Waals surface area contributed by atoms with Crippen LogP contribution in [0.4, 0.5) is 0 Å². The standard InChI is InChI=1S/C28H36BrClN4O3S/c1-19(2)38(36,37)34-9-7-20(8-10-34)15-26(35)32-11-13-33(14-12-32)28-25-6-5-24(30)17-21(25)3-4-22-16-23(29)18-31-27(22)28/h5-6,16-20,28H,3-4,7-15H2,1-2H3/t28-/m1/s1. The van der Waals surface area contributed by atoms with E-state index in [1.54, 1.807) is 18.2 Å². The van der Waals surface area contributed by atoms with E-state index in [4.69, 9.17) is 16.6 Å². The highest BCUT2D eigenvalue weighted by atomic mass is 79.9. The molecule has 2 aliphatic heterocycles. The van der Waals surface area contributed by atoms with Gasteiger partial charge in [-0.15, -0.1) is 0 Å². The second-order valence-corrected chi connectivity index (χ2v) is 14.8. The van der Waals surface area contributed by atoms with Gasteiger partial charge in [-0.05, 0) is 96.3 Å². The Morgan fingerprint density at radius 2 is 1.74 bits per heavy atom. The fourth-order valence-corrected chi connectivity index (χ4v) is 7.94. The molecule has 0 spiro atoms. The number of fused-ring (bicyclic) bond motifs is 2. The lowest BCUT2D eigenvalue weighted by atomic mass is 9.93. The topological polar surface area (TPSA) is 73.8 Å². The number of benzene rings is 1. The van der Waals surface area contributed by atoms with E-state index in [0.717, 1.165) is 54.0 Å². The van der Waals surface area contributed by atoms with E-state index in [-0.39, 0.29) is 17.9 Å². The van der Waals surface area contributed by atoms with Crippen LogP contribution < -0.4 is 0 Å². The molecule has 5 rings (SSSR count). The normalized spacial score (nSPS) is 21.7. The Balaban J connectivity index is 1.24. The van der Waals surface area contributed by atoms with Crippen LogP contribution in [0.3, 0.4) is 0 Å². The number of rotatable bonds is 5. The molecule has 2 fully saturated rings. The summed E-state index contributed by atoms with van der Waals surface area (Å²) in [6, 6.07) is 8.42. The SMILES string of the molecule is CC(C)S(=O)(=O)N1CCC(CC(=O)N2CCN([C@@H]3c4ccc(Cl)cc4CCc4cc(Br)cnc43)CC2)CC1. The molecule has 2 aromatic rings. The molecule has 3 heterocycles. The molecular formula is C28H36BrClN4O3S. The molecule has 10 heteroatoms. The molecule has 0 radical (unpaired) electrons. The van der Waals surface area contributed by atoms with Gasteiger partial charge in [-0.25, -0.2) is 12.7 Å². The van der Waals surface area contributed by atoms with Crippen molar-refractivity contribution in [3.63, 3.8) is 0 Å². The van der Waals surface area contributed by atoms with E-state index in [0.29, 0.717) is 32.6 Å². The fourth-order valence-electron chi connectivity index (χ4n) is 6.05. The van der Waals surface area contributed by atoms with Gasteiger partial charge in [0.15, 0.2) is 0 Å². The van der Waals surface area contributed by atoms with Crippen LogP contribution in [-0.2, 0) is 27.7 Å². The summed E-state index contributed by atoms with van der Waals surface area (Å²) in [7, 11) is -3.22. The number of carbonyl (C=O) groups is 1. The van der Waals surface area contributed by atoms with Crippen molar-refractivity contribution in [2.24, 2.45) is 5.92 Å². The first kappa shape index (κ1) is 28.0. The van der Waals surface area contributed by atoms with Gasteiger partial charge < -0.3 is 4.90 Å². The zero-order valence-electron chi connectivity index (χ0n) is 22.1. The van der Waals surface area contributed by atoms with Gasteiger partial charge in [0.2, 0.25) is 15.9 Å². The third-order valence-electron chi connectivity index (χ3n) is 8.31. The van der Waals surface area contributed by atoms with Crippen molar-refractivity contribution in [2.75, 3.05) is 39.3 Å². The molecule has 3 aliphatic rings. The van der Waals surface area contributed by atoms with Crippen molar-refractivity contribution >= 4 is 43.5 Å². The maximum absolute atomic E-state index is 13.2. The molecule has 1 aromatic carbocycles. The molecule has 0 N–H and O–H groups in total. The van der Waals surface area contributed by atoms with Gasteiger partial charge in [-0.2, -0.15) is 0 Å². The smallest absolute Gasteiger partial charge is 0.222 e. The van der Waals surface area contributed by atoms with E-state index in [9.17, 15) is 13.2 Å². The number of aromatic nitrogens is 1. The van der Waals surface area contributed by atoms with E-state index >= 15 is 0 Å². The monoisotopic (exact) mass is 622 g/mol. The van der Waals surface area contributed by atoms with Crippen molar-refractivity contribution in [1.29, 1.82) is 0 Å². The fraction of sp³-hybridized carbons (Fsp3) is 0.571. The highest BCUT2D eigenvalue weighted by Crippen LogP contribution is 2.38. The number of amides is 1. The molecule has 206 valence electrons. The van der Waals surface area contributed by atoms with E-state index < -0.39 is 15.3 Å². The highest BCUT2D eigenvalue weighted by Gasteiger charge is 2.35. The predicted octanol–water partition coefficient (Wildman–Crippen LogP) is 4.67. The molecule has 7 nitrogen and oxygen atoms in total. The summed E-state index contributed by atoms with van der Waals surface area (Å²) in [6.45, 7) is 7.40. The number of hydrogen-bond acceptors (Lipinski definition) is 5. The molecule has 1 aromatic heterocycles. The van der Waals surface area contributed by atoms with Crippen molar-refractivity contribution < 1.29 is 13.2 Å². The van der Waals surface area contributed by atoms with Crippen molar-refractivity contribution in [2.45, 2.75) is 57.2 Å². The lowest BCUT2D eigenvalue weighted by molar-refractivity contribution is -0.134. The van der Waals surface area contributed by atoms with Crippen LogP contribution in [0.25, 0.3) is 0 Å². The zero-order valence-corrected chi connectivity index (χ0v) is 25.2. The van der Waals surface area contributed by atoms with Crippen LogP contribution in [-0.4, -0.2) is 77.9 Å². The minimum absolute atomic E-state index is 0.0392. The summed E-state index contributed by atoms with van der Waals surface area (Å²) >= 11 is 9.95. The number of pyridine rings is 1. The first-order valence-corrected chi connectivity index (χ1v) is 16.2. The summed E-state index contributed by atoms with van der Waals surface area (Å²) in [5, 5.41) is 0.351. The molecular weight excluding hydrogens is 588 g/mol. The van der Waals surface area contributed by atoms with Crippen LogP contribution in [0, 0.1) is 5.92 Å². The molecule has 1 atom stereocenters. The van der Waals surface area contributed by atoms with Gasteiger partial charge in [-0.3, -0.25) is 14.7 Å². The van der Waals surface area contributed by atoms with E-state index in [1.165, 1.54) is 16.7 Å². The first-order valence-electron chi connectivity index (χ1n) is 13.6. The number of piperidine rings is 1. The number of nitrogens with zero attached hydrogens (tertiary/aromatic N) is 4. The third kappa shape index (κ3) is 5.82. The highest BCUT2D eigenvalue weighted by molar-refractivity contribution is 9.10. The lowest BCUT2D eigenvalue weighted by Crippen LogP contribution is -2.50. The minimum Gasteiger partial charge on any atom is -0.340 e. The second-order valence-electron chi connectivity index (χ2n) is 11.0. The van der Waals surface area contributed by atoms with Crippen molar-refractivity contribution in [1.82, 2.24) is 19.1 Å². The molecule has 2 saturated heterocycles. The Kier molecular flexibility index (Phi) is 8.50. The Labute approximate surface area is 239 Å². The van der Waals surface area contributed by atoms with Crippen LogP contribution >= 0.6 is 27.5 Å². The Morgan fingerprint density at radius 3 is 2.42 bits per heavy atom. The van der Waals surface area contributed by atoms with Crippen LogP contribution in [0.1, 0.15) is 61.5 Å². The van der Waals surface area contributed by atoms with Crippen molar-refractivity contribution in [3.05, 3.63) is 62.3 Å². The molecule has 0 unspecified atom stereocenters. The molecule has 0 bridgehead atoms. The van der Waals surface area contributed by atoms with Crippen LogP contribution in [0.15, 0.2) is 34.9 Å². The first-order chi connectivity index (χ1) is 18.1. The van der Waals surface area contributed by atoms with Gasteiger partial charge in [0.25, 0.3) is 0 Å². The Morgan fingerprint density at radius 1 is 1.05 bits per heavy atom. The van der Waals surface area contributed by atoms with Crippen molar-refractivity contribution in [3.8, 4) is 0 Å². The predicted molar refractivity (Wildman–Crippen MR) is 154 cm³/mol. The average molecular weight is 624 g/mol. The largest absolute Gasteiger partial charge is 0.340 e. The number of hydrogen-bond donors (Lipinski definition) is 0. The maximum Gasteiger partial charge on any atom is 0.222 e. The summed E-state index contributed by atoms with van der Waals surface area (Å²) in [5.74, 6) is 0.428. The van der Waals surface area contributed by atoms with Gasteiger partial charge >= 0.3 is 0 Å². The molecule has 0 saturated carbocycles. The summed E-state index contributed by atoms with van der Waals surface area (Å²) < 4.78 is 27.5. The van der Waals surface area contributed by atoms with Gasteiger partial charge in [0, 0.05) is 61.4 Å². The summed E-state index contributed by atoms with van der Waals surface area (Å²) in [6.07, 6.45) is 5.71.